The molecule has 2 heteroatoms. The van der Waals surface area contributed by atoms with Crippen LogP contribution in [0.3, 0.4) is 0 Å². The van der Waals surface area contributed by atoms with Gasteiger partial charge in [-0.1, -0.05) is 90.4 Å². The summed E-state index contributed by atoms with van der Waals surface area (Å²) in [5.74, 6) is 1.45. The zero-order valence-electron chi connectivity index (χ0n) is 16.2. The van der Waals surface area contributed by atoms with E-state index in [1.54, 1.807) is 0 Å². The van der Waals surface area contributed by atoms with Crippen molar-refractivity contribution in [1.29, 1.82) is 0 Å². The van der Waals surface area contributed by atoms with Gasteiger partial charge >= 0.3 is 0 Å². The summed E-state index contributed by atoms with van der Waals surface area (Å²) in [4.78, 5) is 0. The number of unbranched alkanes of at least 4 members (excludes halogenated alkanes) is 13. The molecule has 1 heterocycles. The lowest BCUT2D eigenvalue weighted by molar-refractivity contribution is -0.678. The molecule has 0 N–H and O–H groups in total. The van der Waals surface area contributed by atoms with Gasteiger partial charge in [-0.15, -0.1) is 0 Å². The van der Waals surface area contributed by atoms with Crippen molar-refractivity contribution in [2.24, 2.45) is 14.1 Å². The normalized spacial score (nSPS) is 11.3. The lowest BCUT2D eigenvalue weighted by Gasteiger charge is -2.03. The summed E-state index contributed by atoms with van der Waals surface area (Å²) in [6.45, 7) is 2.29. The largest absolute Gasteiger partial charge is 0.255 e. The Morgan fingerprint density at radius 3 is 1.57 bits per heavy atom. The smallest absolute Gasteiger partial charge is 0.237 e. The number of nitrogens with zero attached hydrogens (tertiary/aromatic N) is 2. The van der Waals surface area contributed by atoms with Crippen molar-refractivity contribution in [3.05, 3.63) is 18.2 Å². The lowest BCUT2D eigenvalue weighted by atomic mass is 10.0. The first kappa shape index (κ1) is 20.3. The molecule has 0 aliphatic carbocycles. The second-order valence-corrected chi connectivity index (χ2v) is 7.28. The number of aromatic nitrogens is 2. The van der Waals surface area contributed by atoms with Crippen molar-refractivity contribution >= 4 is 0 Å². The molecule has 2 nitrogen and oxygen atoms in total. The third-order valence-electron chi connectivity index (χ3n) is 5.08. The van der Waals surface area contributed by atoms with Gasteiger partial charge in [0.2, 0.25) is 0 Å². The van der Waals surface area contributed by atoms with E-state index in [2.05, 4.69) is 42.5 Å². The fraction of sp³-hybridized carbons (Fsp3) is 0.857. The van der Waals surface area contributed by atoms with Crippen LogP contribution in [0, 0.1) is 0 Å². The molecule has 0 aliphatic rings. The zero-order chi connectivity index (χ0) is 16.8. The minimum absolute atomic E-state index is 1.22. The van der Waals surface area contributed by atoms with E-state index in [0.29, 0.717) is 0 Å². The molecular weight excluding hydrogens is 280 g/mol. The molecule has 1 rings (SSSR count). The van der Waals surface area contributed by atoms with E-state index in [1.807, 2.05) is 0 Å². The third kappa shape index (κ3) is 9.84. The first-order chi connectivity index (χ1) is 11.3. The molecule has 0 atom stereocenters. The summed E-state index contributed by atoms with van der Waals surface area (Å²) in [6.07, 6.45) is 25.6. The van der Waals surface area contributed by atoms with E-state index < -0.39 is 0 Å². The van der Waals surface area contributed by atoms with E-state index in [4.69, 9.17) is 0 Å². The number of rotatable bonds is 15. The Hall–Kier alpha value is -0.790. The Balaban J connectivity index is 1.80. The summed E-state index contributed by atoms with van der Waals surface area (Å²) < 4.78 is 4.50. The van der Waals surface area contributed by atoms with Crippen LogP contribution in [-0.4, -0.2) is 4.57 Å². The van der Waals surface area contributed by atoms with Crippen LogP contribution in [0.2, 0.25) is 0 Å². The molecule has 1 aromatic rings. The van der Waals surface area contributed by atoms with Crippen LogP contribution >= 0.6 is 0 Å². The van der Waals surface area contributed by atoms with Gasteiger partial charge in [0.05, 0.1) is 14.1 Å². The molecule has 0 aromatic carbocycles. The van der Waals surface area contributed by atoms with E-state index in [0.717, 1.165) is 0 Å². The van der Waals surface area contributed by atoms with Crippen LogP contribution in [-0.2, 0) is 20.5 Å². The third-order valence-corrected chi connectivity index (χ3v) is 5.08. The maximum Gasteiger partial charge on any atom is 0.255 e. The molecule has 23 heavy (non-hydrogen) atoms. The van der Waals surface area contributed by atoms with E-state index in [1.165, 1.54) is 102 Å². The Kier molecular flexibility index (Phi) is 12.0. The zero-order valence-corrected chi connectivity index (χ0v) is 16.2. The molecule has 1 aromatic heterocycles. The van der Waals surface area contributed by atoms with Gasteiger partial charge in [-0.05, 0) is 6.42 Å². The van der Waals surface area contributed by atoms with E-state index in [9.17, 15) is 0 Å². The van der Waals surface area contributed by atoms with Gasteiger partial charge in [-0.3, -0.25) is 0 Å². The van der Waals surface area contributed by atoms with Crippen molar-refractivity contribution in [2.45, 2.75) is 103 Å². The van der Waals surface area contributed by atoms with Crippen LogP contribution in [0.25, 0.3) is 0 Å². The van der Waals surface area contributed by atoms with Gasteiger partial charge in [0.1, 0.15) is 12.4 Å². The molecule has 0 radical (unpaired) electrons. The molecule has 0 unspecified atom stereocenters. The first-order valence-corrected chi connectivity index (χ1v) is 10.3. The molecule has 0 amide bonds. The summed E-state index contributed by atoms with van der Waals surface area (Å²) >= 11 is 0. The highest BCUT2D eigenvalue weighted by Crippen LogP contribution is 2.13. The minimum atomic E-state index is 1.22. The molecule has 0 saturated carbocycles. The second kappa shape index (κ2) is 13.6. The van der Waals surface area contributed by atoms with Crippen LogP contribution < -0.4 is 4.57 Å². The summed E-state index contributed by atoms with van der Waals surface area (Å²) in [6, 6.07) is 0. The minimum Gasteiger partial charge on any atom is -0.237 e. The molecule has 134 valence electrons. The van der Waals surface area contributed by atoms with E-state index >= 15 is 0 Å². The molecule has 0 fully saturated rings. The van der Waals surface area contributed by atoms with Crippen molar-refractivity contribution in [1.82, 2.24) is 4.57 Å². The fourth-order valence-corrected chi connectivity index (χ4v) is 3.45. The van der Waals surface area contributed by atoms with Gasteiger partial charge in [0.25, 0.3) is 5.82 Å². The van der Waals surface area contributed by atoms with Crippen molar-refractivity contribution in [3.63, 3.8) is 0 Å². The second-order valence-electron chi connectivity index (χ2n) is 7.28. The quantitative estimate of drug-likeness (QED) is 0.282. The van der Waals surface area contributed by atoms with Crippen LogP contribution in [0.4, 0.5) is 0 Å². The van der Waals surface area contributed by atoms with Gasteiger partial charge in [-0.2, -0.15) is 0 Å². The number of imidazole rings is 1. The summed E-state index contributed by atoms with van der Waals surface area (Å²) in [5.41, 5.74) is 0. The average molecular weight is 322 g/mol. The monoisotopic (exact) mass is 321 g/mol. The maximum atomic E-state index is 2.29. The summed E-state index contributed by atoms with van der Waals surface area (Å²) in [5, 5.41) is 0. The van der Waals surface area contributed by atoms with Gasteiger partial charge < -0.3 is 0 Å². The first-order valence-electron chi connectivity index (χ1n) is 10.3. The topological polar surface area (TPSA) is 8.81 Å². The van der Waals surface area contributed by atoms with Crippen molar-refractivity contribution < 1.29 is 4.57 Å². The fourth-order valence-electron chi connectivity index (χ4n) is 3.45. The number of hydrogen-bond donors (Lipinski definition) is 0. The van der Waals surface area contributed by atoms with Gasteiger partial charge in [0.15, 0.2) is 0 Å². The van der Waals surface area contributed by atoms with Crippen LogP contribution in [0.15, 0.2) is 12.4 Å². The van der Waals surface area contributed by atoms with E-state index in [-0.39, 0.29) is 0 Å². The highest BCUT2D eigenvalue weighted by Gasteiger charge is 2.09. The molecular formula is C21H41N2+. The summed E-state index contributed by atoms with van der Waals surface area (Å²) in [7, 11) is 4.30. The number of hydrogen-bond acceptors (Lipinski definition) is 0. The predicted octanol–water partition coefficient (Wildman–Crippen LogP) is 5.87. The highest BCUT2D eigenvalue weighted by molar-refractivity contribution is 4.81. The van der Waals surface area contributed by atoms with Crippen LogP contribution in [0.1, 0.15) is 103 Å². The van der Waals surface area contributed by atoms with Crippen molar-refractivity contribution in [3.8, 4) is 0 Å². The Bertz CT molecular complexity index is 362. The highest BCUT2D eigenvalue weighted by atomic mass is 15.1. The molecule has 0 bridgehead atoms. The van der Waals surface area contributed by atoms with Gasteiger partial charge in [0, 0.05) is 6.42 Å². The average Bonchev–Trinajstić information content (AvgIpc) is 2.86. The Morgan fingerprint density at radius 2 is 1.17 bits per heavy atom. The standard InChI is InChI=1S/C21H41N2/c1-4-5-6-7-8-9-10-11-12-13-14-15-16-17-18-21-22(2)19-20-23(21)3/h19-20H,4-18H2,1-3H3/q+1. The maximum absolute atomic E-state index is 2.29. The molecule has 0 saturated heterocycles. The van der Waals surface area contributed by atoms with Crippen molar-refractivity contribution in [2.75, 3.05) is 0 Å². The Morgan fingerprint density at radius 1 is 0.739 bits per heavy atom. The lowest BCUT2D eigenvalue weighted by Crippen LogP contribution is -2.31. The Labute approximate surface area is 145 Å². The predicted molar refractivity (Wildman–Crippen MR) is 101 cm³/mol. The van der Waals surface area contributed by atoms with Gasteiger partial charge in [-0.25, -0.2) is 9.13 Å². The molecule has 0 aliphatic heterocycles. The SMILES string of the molecule is CCCCCCCCCCCCCCCCc1n(C)cc[n+]1C. The number of aryl methyl sites for hydroxylation is 2. The molecule has 0 spiro atoms. The van der Waals surface area contributed by atoms with Crippen LogP contribution in [0.5, 0.6) is 0 Å².